The highest BCUT2D eigenvalue weighted by Gasteiger charge is 2.51. The first kappa shape index (κ1) is 19.6. The Hall–Kier alpha value is -2.67. The van der Waals surface area contributed by atoms with E-state index in [1.807, 2.05) is 24.3 Å². The van der Waals surface area contributed by atoms with E-state index in [1.165, 1.54) is 12.1 Å². The maximum Gasteiger partial charge on any atom is 0.387 e. The molecule has 154 valence electrons. The lowest BCUT2D eigenvalue weighted by Gasteiger charge is -2.23. The van der Waals surface area contributed by atoms with Crippen LogP contribution in [0, 0.1) is 0 Å². The van der Waals surface area contributed by atoms with Gasteiger partial charge in [0.15, 0.2) is 6.54 Å². The third kappa shape index (κ3) is 3.79. The van der Waals surface area contributed by atoms with Gasteiger partial charge in [0.05, 0.1) is 13.7 Å². The zero-order valence-electron chi connectivity index (χ0n) is 16.4. The molecule has 1 N–H and O–H groups in total. The van der Waals surface area contributed by atoms with E-state index in [0.717, 1.165) is 55.1 Å². The van der Waals surface area contributed by atoms with Gasteiger partial charge in [0.2, 0.25) is 0 Å². The standard InChI is InChI=1S/C22H25F2N2O3/c1-28-18-10-6-16(7-11-18)22(27)15-25(20-5-3-2-4-14-26(20)22)17-8-12-19(13-9-17)29-21(23)24/h6-13,21,27H,2-5,14-15H2,1H3/q+1. The highest BCUT2D eigenvalue weighted by atomic mass is 19.3. The minimum Gasteiger partial charge on any atom is -0.497 e. The lowest BCUT2D eigenvalue weighted by Crippen LogP contribution is -2.41. The predicted octanol–water partition coefficient (Wildman–Crippen LogP) is 3.95. The van der Waals surface area contributed by atoms with Crippen LogP contribution in [0.15, 0.2) is 48.5 Å². The first-order chi connectivity index (χ1) is 14.0. The Morgan fingerprint density at radius 3 is 2.34 bits per heavy atom. The smallest absolute Gasteiger partial charge is 0.387 e. The fourth-order valence-corrected chi connectivity index (χ4v) is 4.22. The van der Waals surface area contributed by atoms with E-state index < -0.39 is 12.3 Å². The Morgan fingerprint density at radius 1 is 1.00 bits per heavy atom. The zero-order chi connectivity index (χ0) is 20.4. The van der Waals surface area contributed by atoms with Crippen molar-refractivity contribution in [1.82, 2.24) is 0 Å². The number of nitrogens with zero attached hydrogens (tertiary/aromatic N) is 2. The van der Waals surface area contributed by atoms with E-state index >= 15 is 0 Å². The van der Waals surface area contributed by atoms with Gasteiger partial charge in [-0.25, -0.2) is 9.48 Å². The van der Waals surface area contributed by atoms with Crippen LogP contribution in [0.3, 0.4) is 0 Å². The van der Waals surface area contributed by atoms with Crippen molar-refractivity contribution in [3.63, 3.8) is 0 Å². The second-order valence-corrected chi connectivity index (χ2v) is 7.38. The fraction of sp³-hybridized carbons (Fsp3) is 0.409. The number of alkyl halides is 2. The molecule has 4 rings (SSSR count). The minimum atomic E-state index is -2.85. The summed E-state index contributed by atoms with van der Waals surface area (Å²) >= 11 is 0. The van der Waals surface area contributed by atoms with Crippen LogP contribution in [0.5, 0.6) is 11.5 Å². The molecule has 0 fully saturated rings. The summed E-state index contributed by atoms with van der Waals surface area (Å²) in [5, 5.41) is 11.8. The van der Waals surface area contributed by atoms with Crippen molar-refractivity contribution in [2.45, 2.75) is 38.0 Å². The molecule has 0 aliphatic carbocycles. The number of hydrogen-bond acceptors (Lipinski definition) is 4. The van der Waals surface area contributed by atoms with Crippen LogP contribution in [-0.2, 0) is 5.72 Å². The maximum atomic E-state index is 12.4. The van der Waals surface area contributed by atoms with Crippen molar-refractivity contribution in [3.8, 4) is 11.5 Å². The van der Waals surface area contributed by atoms with Gasteiger partial charge < -0.3 is 14.6 Å². The summed E-state index contributed by atoms with van der Waals surface area (Å²) in [5.41, 5.74) is 0.486. The summed E-state index contributed by atoms with van der Waals surface area (Å²) in [4.78, 5) is 2.09. The molecule has 0 aromatic heterocycles. The Balaban J connectivity index is 1.69. The van der Waals surface area contributed by atoms with Gasteiger partial charge in [-0.05, 0) is 67.8 Å². The fourth-order valence-electron chi connectivity index (χ4n) is 4.22. The largest absolute Gasteiger partial charge is 0.497 e. The van der Waals surface area contributed by atoms with Gasteiger partial charge in [-0.3, -0.25) is 0 Å². The molecule has 2 aliphatic rings. The number of hydrogen-bond donors (Lipinski definition) is 1. The molecule has 7 heteroatoms. The second-order valence-electron chi connectivity index (χ2n) is 7.38. The molecule has 2 aliphatic heterocycles. The topological polar surface area (TPSA) is 44.9 Å². The Bertz CT molecular complexity index is 884. The maximum absolute atomic E-state index is 12.4. The first-order valence-corrected chi connectivity index (χ1v) is 9.84. The number of rotatable bonds is 5. The molecule has 2 heterocycles. The third-order valence-corrected chi connectivity index (χ3v) is 5.66. The Morgan fingerprint density at radius 2 is 1.69 bits per heavy atom. The molecule has 0 radical (unpaired) electrons. The first-order valence-electron chi connectivity index (χ1n) is 9.84. The third-order valence-electron chi connectivity index (χ3n) is 5.66. The van der Waals surface area contributed by atoms with E-state index in [1.54, 1.807) is 19.2 Å². The number of amidine groups is 1. The van der Waals surface area contributed by atoms with Crippen LogP contribution in [-0.4, -0.2) is 42.3 Å². The van der Waals surface area contributed by atoms with Gasteiger partial charge >= 0.3 is 6.61 Å². The lowest BCUT2D eigenvalue weighted by atomic mass is 10.0. The van der Waals surface area contributed by atoms with E-state index in [-0.39, 0.29) is 5.75 Å². The molecule has 1 unspecified atom stereocenters. The number of ether oxygens (including phenoxy) is 2. The SMILES string of the molecule is COc1ccc(C2(O)CN(c3ccc(OC(F)F)cc3)C3=[N+]2CCCCC3)cc1. The van der Waals surface area contributed by atoms with Gasteiger partial charge in [0.25, 0.3) is 11.6 Å². The molecule has 2 aromatic carbocycles. The van der Waals surface area contributed by atoms with Gasteiger partial charge in [0.1, 0.15) is 17.2 Å². The summed E-state index contributed by atoms with van der Waals surface area (Å²) in [6.45, 7) is -1.72. The average Bonchev–Trinajstić information content (AvgIpc) is 2.87. The predicted molar refractivity (Wildman–Crippen MR) is 106 cm³/mol. The van der Waals surface area contributed by atoms with Crippen LogP contribution >= 0.6 is 0 Å². The lowest BCUT2D eigenvalue weighted by molar-refractivity contribution is -0.658. The van der Waals surface area contributed by atoms with E-state index in [2.05, 4.69) is 14.2 Å². The molecule has 5 nitrogen and oxygen atoms in total. The van der Waals surface area contributed by atoms with Crippen molar-refractivity contribution >= 4 is 11.5 Å². The van der Waals surface area contributed by atoms with Gasteiger partial charge in [-0.15, -0.1) is 0 Å². The normalized spacial score (nSPS) is 21.9. The number of benzene rings is 2. The highest BCUT2D eigenvalue weighted by Crippen LogP contribution is 2.36. The van der Waals surface area contributed by atoms with Crippen molar-refractivity contribution in [2.75, 3.05) is 25.1 Å². The van der Waals surface area contributed by atoms with Crippen LogP contribution in [0.1, 0.15) is 31.2 Å². The molecule has 0 spiro atoms. The average molecular weight is 403 g/mol. The summed E-state index contributed by atoms with van der Waals surface area (Å²) in [6.07, 6.45) is 4.02. The quantitative estimate of drug-likeness (QED) is 0.768. The molecular weight excluding hydrogens is 378 g/mol. The number of aliphatic hydroxyl groups is 1. The zero-order valence-corrected chi connectivity index (χ0v) is 16.4. The van der Waals surface area contributed by atoms with Crippen molar-refractivity contribution in [3.05, 3.63) is 54.1 Å². The molecule has 0 bridgehead atoms. The number of anilines is 1. The molecular formula is C22H25F2N2O3+. The molecule has 0 amide bonds. The van der Waals surface area contributed by atoms with Crippen LogP contribution in [0.4, 0.5) is 14.5 Å². The van der Waals surface area contributed by atoms with Crippen molar-refractivity contribution in [2.24, 2.45) is 0 Å². The summed E-state index contributed by atoms with van der Waals surface area (Å²) in [7, 11) is 1.61. The molecule has 1 atom stereocenters. The van der Waals surface area contributed by atoms with Gasteiger partial charge in [0, 0.05) is 12.0 Å². The van der Waals surface area contributed by atoms with E-state index in [9.17, 15) is 13.9 Å². The van der Waals surface area contributed by atoms with Crippen molar-refractivity contribution < 1.29 is 27.9 Å². The summed E-state index contributed by atoms with van der Waals surface area (Å²) < 4.78 is 36.7. The number of β-amino-alcohol motifs (C(OH)–C–C–N with tert-alkyl or cyclic N) is 1. The van der Waals surface area contributed by atoms with E-state index in [0.29, 0.717) is 6.54 Å². The van der Waals surface area contributed by atoms with Gasteiger partial charge in [-0.2, -0.15) is 8.78 Å². The Labute approximate surface area is 168 Å². The summed E-state index contributed by atoms with van der Waals surface area (Å²) in [5.74, 6) is 1.92. The molecule has 0 saturated heterocycles. The number of methoxy groups -OCH3 is 1. The molecule has 0 saturated carbocycles. The highest BCUT2D eigenvalue weighted by molar-refractivity contribution is 5.96. The van der Waals surface area contributed by atoms with E-state index in [4.69, 9.17) is 4.74 Å². The Kier molecular flexibility index (Phi) is 5.41. The van der Waals surface area contributed by atoms with Gasteiger partial charge in [-0.1, -0.05) is 0 Å². The van der Waals surface area contributed by atoms with Crippen LogP contribution in [0.2, 0.25) is 0 Å². The number of halogens is 2. The monoisotopic (exact) mass is 403 g/mol. The second kappa shape index (κ2) is 7.99. The summed E-state index contributed by atoms with van der Waals surface area (Å²) in [6, 6.07) is 14.1. The molecule has 2 aromatic rings. The molecule has 29 heavy (non-hydrogen) atoms. The minimum absolute atomic E-state index is 0.121. The van der Waals surface area contributed by atoms with Crippen LogP contribution in [0.25, 0.3) is 0 Å². The van der Waals surface area contributed by atoms with Crippen LogP contribution < -0.4 is 14.4 Å². The van der Waals surface area contributed by atoms with Crippen molar-refractivity contribution in [1.29, 1.82) is 0 Å².